The molecule has 0 radical (unpaired) electrons. The molecule has 0 aliphatic carbocycles. The van der Waals surface area contributed by atoms with E-state index in [1.807, 2.05) is 6.92 Å². The molecular formula is C17H17ClF3N6+. The number of quaternary nitrogens is 1. The van der Waals surface area contributed by atoms with Crippen molar-refractivity contribution in [2.24, 2.45) is 0 Å². The maximum absolute atomic E-state index is 13.7. The van der Waals surface area contributed by atoms with Crippen LogP contribution in [0.15, 0.2) is 36.4 Å². The molecule has 7 N–H and O–H groups in total. The molecule has 0 bridgehead atoms. The molecule has 1 unspecified atom stereocenters. The summed E-state index contributed by atoms with van der Waals surface area (Å²) in [4.78, 5) is 3.80. The van der Waals surface area contributed by atoms with E-state index in [4.69, 9.17) is 17.3 Å². The monoisotopic (exact) mass is 397 g/mol. The zero-order valence-electron chi connectivity index (χ0n) is 14.2. The van der Waals surface area contributed by atoms with Gasteiger partial charge in [-0.25, -0.2) is 5.10 Å². The van der Waals surface area contributed by atoms with E-state index in [1.165, 1.54) is 6.07 Å². The molecule has 1 heterocycles. The van der Waals surface area contributed by atoms with Gasteiger partial charge in [0.25, 0.3) is 0 Å². The van der Waals surface area contributed by atoms with Gasteiger partial charge in [-0.05, 0) is 24.6 Å². The van der Waals surface area contributed by atoms with E-state index in [-0.39, 0.29) is 34.2 Å². The Morgan fingerprint density at radius 3 is 2.41 bits per heavy atom. The summed E-state index contributed by atoms with van der Waals surface area (Å²) in [5.74, 6) is 0.0780. The van der Waals surface area contributed by atoms with Gasteiger partial charge in [0.05, 0.1) is 10.6 Å². The number of aromatic nitrogens is 3. The molecule has 0 spiro atoms. The van der Waals surface area contributed by atoms with Gasteiger partial charge in [0.15, 0.2) is 0 Å². The van der Waals surface area contributed by atoms with E-state index in [0.717, 1.165) is 11.6 Å². The van der Waals surface area contributed by atoms with Crippen molar-refractivity contribution in [2.75, 3.05) is 11.1 Å². The molecule has 0 fully saturated rings. The van der Waals surface area contributed by atoms with Gasteiger partial charge in [0.2, 0.25) is 11.9 Å². The molecule has 27 heavy (non-hydrogen) atoms. The highest BCUT2D eigenvalue weighted by Crippen LogP contribution is 2.43. The van der Waals surface area contributed by atoms with Crippen LogP contribution in [0.4, 0.5) is 30.8 Å². The normalized spacial score (nSPS) is 12.8. The predicted molar refractivity (Wildman–Crippen MR) is 97.3 cm³/mol. The Hall–Kier alpha value is -2.78. The topological polar surface area (TPSA) is 107 Å². The Labute approximate surface area is 157 Å². The molecule has 0 saturated heterocycles. The number of alkyl halides is 3. The van der Waals surface area contributed by atoms with Crippen molar-refractivity contribution in [1.29, 1.82) is 0 Å². The lowest BCUT2D eigenvalue weighted by Gasteiger charge is -2.17. The summed E-state index contributed by atoms with van der Waals surface area (Å²) < 4.78 is 41.1. The highest BCUT2D eigenvalue weighted by atomic mass is 35.5. The van der Waals surface area contributed by atoms with Crippen LogP contribution >= 0.6 is 11.6 Å². The molecule has 0 saturated carbocycles. The summed E-state index contributed by atoms with van der Waals surface area (Å²) in [6.45, 7) is 1.90. The minimum atomic E-state index is -4.60. The van der Waals surface area contributed by atoms with Crippen molar-refractivity contribution >= 4 is 29.2 Å². The second-order valence-corrected chi connectivity index (χ2v) is 6.48. The molecule has 2 aromatic carbocycles. The average Bonchev–Trinajstić information content (AvgIpc) is 2.98. The van der Waals surface area contributed by atoms with Gasteiger partial charge in [0, 0.05) is 16.8 Å². The number of hydrogen-bond acceptors (Lipinski definition) is 4. The third-order valence-corrected chi connectivity index (χ3v) is 4.22. The van der Waals surface area contributed by atoms with Crippen LogP contribution in [-0.2, 0) is 6.18 Å². The van der Waals surface area contributed by atoms with Crippen molar-refractivity contribution in [2.45, 2.75) is 19.1 Å². The number of nitrogens with one attached hydrogen (secondary N) is 2. The molecule has 1 atom stereocenters. The van der Waals surface area contributed by atoms with E-state index in [2.05, 4.69) is 26.2 Å². The average molecular weight is 398 g/mol. The van der Waals surface area contributed by atoms with Crippen molar-refractivity contribution in [1.82, 2.24) is 15.2 Å². The Kier molecular flexibility index (Phi) is 4.99. The van der Waals surface area contributed by atoms with Crippen molar-refractivity contribution < 1.29 is 18.9 Å². The lowest BCUT2D eigenvalue weighted by molar-refractivity contribution is -0.420. The number of nitrogens with zero attached hydrogens (tertiary/aromatic N) is 2. The molecule has 6 nitrogen and oxygen atoms in total. The van der Waals surface area contributed by atoms with Crippen LogP contribution in [0.5, 0.6) is 0 Å². The summed E-state index contributed by atoms with van der Waals surface area (Å²) in [6, 6.07) is 9.07. The largest absolute Gasteiger partial charge is 0.417 e. The summed E-state index contributed by atoms with van der Waals surface area (Å²) in [5, 5.41) is 8.74. The number of aromatic amines is 1. The summed E-state index contributed by atoms with van der Waals surface area (Å²) in [7, 11) is 0. The minimum absolute atomic E-state index is 0.0250. The van der Waals surface area contributed by atoms with Crippen LogP contribution in [0.25, 0.3) is 11.1 Å². The van der Waals surface area contributed by atoms with Crippen LogP contribution in [0.2, 0.25) is 5.02 Å². The summed E-state index contributed by atoms with van der Waals surface area (Å²) in [6.07, 6.45) is -4.60. The van der Waals surface area contributed by atoms with E-state index in [0.29, 0.717) is 5.56 Å². The molecule has 0 aliphatic heterocycles. The fraction of sp³-hybridized carbons (Fsp3) is 0.176. The fourth-order valence-electron chi connectivity index (χ4n) is 2.63. The zero-order valence-corrected chi connectivity index (χ0v) is 15.0. The van der Waals surface area contributed by atoms with Gasteiger partial charge >= 0.3 is 6.18 Å². The number of H-pyrrole nitrogens is 1. The Morgan fingerprint density at radius 1 is 1.22 bits per heavy atom. The highest BCUT2D eigenvalue weighted by molar-refractivity contribution is 6.33. The number of rotatable bonds is 4. The van der Waals surface area contributed by atoms with Gasteiger partial charge in [-0.15, -0.1) is 5.10 Å². The van der Waals surface area contributed by atoms with Gasteiger partial charge in [-0.1, -0.05) is 35.9 Å². The van der Waals surface area contributed by atoms with E-state index in [9.17, 15) is 13.2 Å². The first kappa shape index (κ1) is 19.0. The molecule has 3 rings (SSSR count). The first-order valence-electron chi connectivity index (χ1n) is 7.94. The van der Waals surface area contributed by atoms with Crippen molar-refractivity contribution in [3.63, 3.8) is 0 Å². The molecular weight excluding hydrogens is 381 g/mol. The standard InChI is InChI=1S/C17H16ClF3N6/c1-8(22)9-2-4-10(5-3-9)14-12(17(19,20)21)6-11(7-13(14)18)24-16-25-15(23)26-27-16/h2-8H,22H2,1H3,(H4,23,24,25,26,27)/p+1. The maximum Gasteiger partial charge on any atom is 0.417 e. The highest BCUT2D eigenvalue weighted by Gasteiger charge is 2.35. The van der Waals surface area contributed by atoms with Crippen LogP contribution in [0, 0.1) is 0 Å². The molecule has 10 heteroatoms. The number of halogens is 4. The summed E-state index contributed by atoms with van der Waals surface area (Å²) in [5.41, 5.74) is 9.74. The molecule has 3 aromatic rings. The minimum Gasteiger partial charge on any atom is -0.368 e. The van der Waals surface area contributed by atoms with Crippen LogP contribution in [-0.4, -0.2) is 15.2 Å². The van der Waals surface area contributed by atoms with Crippen LogP contribution in [0.1, 0.15) is 24.1 Å². The Morgan fingerprint density at radius 2 is 1.89 bits per heavy atom. The van der Waals surface area contributed by atoms with Crippen LogP contribution < -0.4 is 16.8 Å². The lowest BCUT2D eigenvalue weighted by atomic mass is 9.96. The third-order valence-electron chi connectivity index (χ3n) is 3.92. The van der Waals surface area contributed by atoms with Gasteiger partial charge < -0.3 is 16.8 Å². The zero-order chi connectivity index (χ0) is 19.8. The molecule has 1 aromatic heterocycles. The fourth-order valence-corrected chi connectivity index (χ4v) is 2.96. The van der Waals surface area contributed by atoms with Crippen molar-refractivity contribution in [3.8, 4) is 11.1 Å². The number of nitrogens with two attached hydrogens (primary N) is 1. The van der Waals surface area contributed by atoms with E-state index in [1.54, 1.807) is 24.3 Å². The SMILES string of the molecule is CC([NH3+])c1ccc(-c2c(Cl)cc(Nc3n[nH]c(N)n3)cc2C(F)(F)F)cc1. The third kappa shape index (κ3) is 4.15. The number of hydrogen-bond donors (Lipinski definition) is 4. The van der Waals surface area contributed by atoms with Crippen molar-refractivity contribution in [3.05, 3.63) is 52.5 Å². The molecule has 0 amide bonds. The number of anilines is 3. The van der Waals surface area contributed by atoms with Gasteiger partial charge in [-0.2, -0.15) is 18.2 Å². The number of nitrogen functional groups attached to an aromatic ring is 1. The first-order valence-corrected chi connectivity index (χ1v) is 8.32. The lowest BCUT2D eigenvalue weighted by Crippen LogP contribution is -2.51. The summed E-state index contributed by atoms with van der Waals surface area (Å²) >= 11 is 6.22. The van der Waals surface area contributed by atoms with Crippen LogP contribution in [0.3, 0.4) is 0 Å². The van der Waals surface area contributed by atoms with Gasteiger partial charge in [-0.3, -0.25) is 0 Å². The second-order valence-electron chi connectivity index (χ2n) is 6.07. The smallest absolute Gasteiger partial charge is 0.368 e. The second kappa shape index (κ2) is 7.09. The molecule has 142 valence electrons. The predicted octanol–water partition coefficient (Wildman–Crippen LogP) is 3.77. The van der Waals surface area contributed by atoms with E-state index < -0.39 is 11.7 Å². The quantitative estimate of drug-likeness (QED) is 0.537. The Bertz CT molecular complexity index is 950. The molecule has 0 aliphatic rings. The van der Waals surface area contributed by atoms with E-state index >= 15 is 0 Å². The first-order chi connectivity index (χ1) is 12.6. The number of benzene rings is 2. The Balaban J connectivity index is 2.07. The van der Waals surface area contributed by atoms with Gasteiger partial charge in [0.1, 0.15) is 6.04 Å². The maximum atomic E-state index is 13.7.